The van der Waals surface area contributed by atoms with Gasteiger partial charge in [-0.3, -0.25) is 4.79 Å². The number of halogens is 1. The van der Waals surface area contributed by atoms with Crippen molar-refractivity contribution in [2.45, 2.75) is 56.6 Å². The molecule has 0 spiro atoms. The van der Waals surface area contributed by atoms with E-state index in [2.05, 4.69) is 10.2 Å². The Hall–Kier alpha value is -1.26. The van der Waals surface area contributed by atoms with Crippen LogP contribution in [0.3, 0.4) is 0 Å². The van der Waals surface area contributed by atoms with Gasteiger partial charge in [0.1, 0.15) is 11.9 Å². The average molecular weight is 361 g/mol. The molecule has 5 heteroatoms. The molecule has 4 heterocycles. The van der Waals surface area contributed by atoms with Crippen LogP contribution in [-0.2, 0) is 0 Å². The fraction of sp³-hybridized carbons (Fsp3) is 0.650. The Morgan fingerprint density at radius 3 is 2.72 bits per heavy atom. The van der Waals surface area contributed by atoms with Gasteiger partial charge in [0, 0.05) is 29.1 Å². The van der Waals surface area contributed by atoms with Gasteiger partial charge in [0.2, 0.25) is 0 Å². The Morgan fingerprint density at radius 2 is 1.96 bits per heavy atom. The van der Waals surface area contributed by atoms with Crippen LogP contribution < -0.4 is 10.1 Å². The third-order valence-electron chi connectivity index (χ3n) is 6.67. The molecule has 2 bridgehead atoms. The highest BCUT2D eigenvalue weighted by Gasteiger charge is 2.40. The number of carbonyl (C=O) groups is 1. The molecule has 25 heavy (non-hydrogen) atoms. The molecule has 1 amide bonds. The van der Waals surface area contributed by atoms with E-state index in [-0.39, 0.29) is 18.1 Å². The van der Waals surface area contributed by atoms with Gasteiger partial charge in [-0.25, -0.2) is 0 Å². The SMILES string of the molecule is O=C(N[C@@H]1CN2CCC1CC2)c1cc(Cl)cc2c1O[C@@H]1CCCC[C@@H]21. The lowest BCUT2D eigenvalue weighted by Crippen LogP contribution is -2.57. The number of amides is 1. The Bertz CT molecular complexity index is 699. The van der Waals surface area contributed by atoms with Crippen LogP contribution in [0.25, 0.3) is 0 Å². The van der Waals surface area contributed by atoms with E-state index in [1.54, 1.807) is 6.07 Å². The molecule has 0 unspecified atom stereocenters. The topological polar surface area (TPSA) is 41.6 Å². The lowest BCUT2D eigenvalue weighted by Gasteiger charge is -2.44. The normalized spacial score (nSPS) is 35.6. The fourth-order valence-electron chi connectivity index (χ4n) is 5.31. The predicted octanol–water partition coefficient (Wildman–Crippen LogP) is 3.58. The van der Waals surface area contributed by atoms with Crippen LogP contribution in [0.5, 0.6) is 5.75 Å². The first-order valence-corrected chi connectivity index (χ1v) is 10.1. The molecule has 134 valence electrons. The summed E-state index contributed by atoms with van der Waals surface area (Å²) >= 11 is 6.37. The van der Waals surface area contributed by atoms with Crippen molar-refractivity contribution in [3.05, 3.63) is 28.3 Å². The number of ether oxygens (including phenoxy) is 1. The summed E-state index contributed by atoms with van der Waals surface area (Å²) in [7, 11) is 0. The summed E-state index contributed by atoms with van der Waals surface area (Å²) < 4.78 is 6.24. The van der Waals surface area contributed by atoms with Crippen molar-refractivity contribution in [2.24, 2.45) is 5.92 Å². The van der Waals surface area contributed by atoms with E-state index in [0.717, 1.165) is 30.7 Å². The van der Waals surface area contributed by atoms with Gasteiger partial charge in [0.25, 0.3) is 5.91 Å². The third-order valence-corrected chi connectivity index (χ3v) is 6.89. The second kappa shape index (κ2) is 6.17. The molecular weight excluding hydrogens is 336 g/mol. The van der Waals surface area contributed by atoms with E-state index in [1.807, 2.05) is 6.07 Å². The number of fused-ring (bicyclic) bond motifs is 6. The monoisotopic (exact) mass is 360 g/mol. The summed E-state index contributed by atoms with van der Waals surface area (Å²) in [6, 6.07) is 4.06. The van der Waals surface area contributed by atoms with Gasteiger partial charge >= 0.3 is 0 Å². The van der Waals surface area contributed by atoms with E-state index in [0.29, 0.717) is 22.4 Å². The minimum atomic E-state index is -0.0175. The van der Waals surface area contributed by atoms with E-state index >= 15 is 0 Å². The Labute approximate surface area is 153 Å². The van der Waals surface area contributed by atoms with Crippen molar-refractivity contribution < 1.29 is 9.53 Å². The number of hydrogen-bond donors (Lipinski definition) is 1. The summed E-state index contributed by atoms with van der Waals surface area (Å²) in [6.07, 6.45) is 7.28. The summed E-state index contributed by atoms with van der Waals surface area (Å²) in [5, 5.41) is 3.93. The second-order valence-corrected chi connectivity index (χ2v) is 8.57. The van der Waals surface area contributed by atoms with Crippen molar-refractivity contribution >= 4 is 17.5 Å². The highest BCUT2D eigenvalue weighted by atomic mass is 35.5. The number of rotatable bonds is 2. The molecule has 1 saturated carbocycles. The first-order chi connectivity index (χ1) is 12.2. The highest BCUT2D eigenvalue weighted by Crippen LogP contribution is 2.48. The van der Waals surface area contributed by atoms with Crippen molar-refractivity contribution in [2.75, 3.05) is 19.6 Å². The molecule has 5 aliphatic rings. The molecule has 0 aromatic heterocycles. The predicted molar refractivity (Wildman–Crippen MR) is 97.5 cm³/mol. The van der Waals surface area contributed by atoms with Gasteiger partial charge in [-0.15, -0.1) is 0 Å². The molecule has 1 aromatic carbocycles. The van der Waals surface area contributed by atoms with Gasteiger partial charge in [0.15, 0.2) is 0 Å². The molecular formula is C20H25ClN2O2. The Balaban J connectivity index is 1.41. The van der Waals surface area contributed by atoms with Crippen LogP contribution in [0.2, 0.25) is 5.02 Å². The number of nitrogens with one attached hydrogen (secondary N) is 1. The molecule has 4 fully saturated rings. The first kappa shape index (κ1) is 16.0. The number of piperidine rings is 3. The molecule has 4 aliphatic heterocycles. The molecule has 1 aliphatic carbocycles. The summed E-state index contributed by atoms with van der Waals surface area (Å²) in [5.74, 6) is 1.80. The van der Waals surface area contributed by atoms with E-state index < -0.39 is 0 Å². The maximum atomic E-state index is 13.0. The first-order valence-electron chi connectivity index (χ1n) is 9.72. The lowest BCUT2D eigenvalue weighted by molar-refractivity contribution is 0.0617. The van der Waals surface area contributed by atoms with Crippen LogP contribution in [0.4, 0.5) is 0 Å². The van der Waals surface area contributed by atoms with Crippen molar-refractivity contribution in [3.8, 4) is 5.75 Å². The molecule has 0 radical (unpaired) electrons. The highest BCUT2D eigenvalue weighted by molar-refractivity contribution is 6.31. The lowest BCUT2D eigenvalue weighted by atomic mass is 9.82. The van der Waals surface area contributed by atoms with Crippen LogP contribution >= 0.6 is 11.6 Å². The van der Waals surface area contributed by atoms with Gasteiger partial charge in [-0.2, -0.15) is 0 Å². The minimum absolute atomic E-state index is 0.0175. The van der Waals surface area contributed by atoms with Crippen LogP contribution in [0.1, 0.15) is 60.4 Å². The van der Waals surface area contributed by atoms with Crippen LogP contribution in [0, 0.1) is 5.92 Å². The van der Waals surface area contributed by atoms with Crippen molar-refractivity contribution in [1.82, 2.24) is 10.2 Å². The molecule has 6 rings (SSSR count). The van der Waals surface area contributed by atoms with E-state index in [1.165, 1.54) is 38.8 Å². The molecule has 4 nitrogen and oxygen atoms in total. The van der Waals surface area contributed by atoms with Gasteiger partial charge in [-0.1, -0.05) is 18.0 Å². The number of benzene rings is 1. The van der Waals surface area contributed by atoms with Crippen molar-refractivity contribution in [3.63, 3.8) is 0 Å². The van der Waals surface area contributed by atoms with E-state index in [4.69, 9.17) is 16.3 Å². The summed E-state index contributed by atoms with van der Waals surface area (Å²) in [4.78, 5) is 15.5. The standard InChI is InChI=1S/C20H25ClN2O2/c21-13-9-15-14-3-1-2-4-18(14)25-19(15)16(10-13)20(24)22-17-11-23-7-5-12(17)6-8-23/h9-10,12,14,17-18H,1-8,11H2,(H,22,24)/t14-,17+,18+/m0/s1. The maximum Gasteiger partial charge on any atom is 0.255 e. The average Bonchev–Trinajstić information content (AvgIpc) is 3.00. The zero-order valence-corrected chi connectivity index (χ0v) is 15.2. The van der Waals surface area contributed by atoms with Gasteiger partial charge in [-0.05, 0) is 63.2 Å². The molecule has 3 saturated heterocycles. The zero-order chi connectivity index (χ0) is 17.0. The minimum Gasteiger partial charge on any atom is -0.489 e. The maximum absolute atomic E-state index is 13.0. The van der Waals surface area contributed by atoms with Gasteiger partial charge in [0.05, 0.1) is 5.56 Å². The quantitative estimate of drug-likeness (QED) is 0.876. The van der Waals surface area contributed by atoms with Gasteiger partial charge < -0.3 is 15.0 Å². The third kappa shape index (κ3) is 2.74. The largest absolute Gasteiger partial charge is 0.489 e. The number of carbonyl (C=O) groups excluding carboxylic acids is 1. The Kier molecular flexibility index (Phi) is 3.94. The zero-order valence-electron chi connectivity index (χ0n) is 14.5. The molecule has 1 N–H and O–H groups in total. The summed E-state index contributed by atoms with van der Waals surface area (Å²) in [6.45, 7) is 3.33. The van der Waals surface area contributed by atoms with Crippen molar-refractivity contribution in [1.29, 1.82) is 0 Å². The second-order valence-electron chi connectivity index (χ2n) is 8.14. The summed E-state index contributed by atoms with van der Waals surface area (Å²) in [5.41, 5.74) is 1.78. The fourth-order valence-corrected chi connectivity index (χ4v) is 5.54. The number of nitrogens with zero attached hydrogens (tertiary/aromatic N) is 1. The molecule has 1 aromatic rings. The van der Waals surface area contributed by atoms with Crippen LogP contribution in [-0.4, -0.2) is 42.6 Å². The smallest absolute Gasteiger partial charge is 0.255 e. The molecule has 3 atom stereocenters. The van der Waals surface area contributed by atoms with Crippen LogP contribution in [0.15, 0.2) is 12.1 Å². The number of hydrogen-bond acceptors (Lipinski definition) is 3. The Morgan fingerprint density at radius 1 is 1.16 bits per heavy atom. The van der Waals surface area contributed by atoms with E-state index in [9.17, 15) is 4.79 Å².